The van der Waals surface area contributed by atoms with Crippen molar-refractivity contribution in [2.75, 3.05) is 18.4 Å². The van der Waals surface area contributed by atoms with Gasteiger partial charge in [0.25, 0.3) is 0 Å². The van der Waals surface area contributed by atoms with Crippen LogP contribution in [0.1, 0.15) is 23.7 Å². The zero-order chi connectivity index (χ0) is 21.9. The number of nitrogens with zero attached hydrogens (tertiary/aromatic N) is 1. The van der Waals surface area contributed by atoms with Gasteiger partial charge in [0, 0.05) is 12.3 Å². The average Bonchev–Trinajstić information content (AvgIpc) is 2.92. The number of alkyl halides is 5. The summed E-state index contributed by atoms with van der Waals surface area (Å²) < 4.78 is 69.2. The van der Waals surface area contributed by atoms with Gasteiger partial charge in [-0.05, 0) is 56.1 Å². The third-order valence-electron chi connectivity index (χ3n) is 4.92. The highest BCUT2D eigenvalue weighted by molar-refractivity contribution is 6.33. The van der Waals surface area contributed by atoms with E-state index in [2.05, 4.69) is 15.6 Å². The number of fused-ring (bicyclic) bond motifs is 1. The topological polar surface area (TPSA) is 46.2 Å². The van der Waals surface area contributed by atoms with Crippen LogP contribution in [0.2, 0.25) is 5.02 Å². The Bertz CT molecular complexity index is 891. The van der Waals surface area contributed by atoms with Gasteiger partial charge >= 0.3 is 12.1 Å². The van der Waals surface area contributed by atoms with Crippen LogP contribution in [0.5, 0.6) is 5.75 Å². The van der Waals surface area contributed by atoms with Gasteiger partial charge in [0.05, 0.1) is 22.9 Å². The van der Waals surface area contributed by atoms with Crippen LogP contribution in [-0.2, 0) is 19.4 Å². The molecule has 30 heavy (non-hydrogen) atoms. The molecule has 0 fully saturated rings. The minimum absolute atomic E-state index is 0.125. The Balaban J connectivity index is 1.73. The van der Waals surface area contributed by atoms with E-state index in [-0.39, 0.29) is 12.3 Å². The number of hydrogen-bond donors (Lipinski definition) is 2. The number of hydrogen-bond acceptors (Lipinski definition) is 4. The number of nitrogens with one attached hydrogen (secondary N) is 2. The molecule has 4 nitrogen and oxygen atoms in total. The standard InChI is InChI=1S/C20H21ClF5N3O/c1-12(19(22,23)20(24,25)26)30-15-5-9-28-14(10-15)11-29-18-16-6-8-27-7-4-13(16)2-3-17(18)21/h2-3,5,9-10,12,27,29H,4,6-8,11H2,1H3. The van der Waals surface area contributed by atoms with E-state index < -0.39 is 18.2 Å². The van der Waals surface area contributed by atoms with Gasteiger partial charge in [-0.3, -0.25) is 4.98 Å². The molecule has 1 unspecified atom stereocenters. The number of aromatic nitrogens is 1. The molecule has 0 saturated carbocycles. The summed E-state index contributed by atoms with van der Waals surface area (Å²) >= 11 is 6.36. The van der Waals surface area contributed by atoms with Crippen LogP contribution in [0.4, 0.5) is 27.6 Å². The second-order valence-electron chi connectivity index (χ2n) is 7.03. The van der Waals surface area contributed by atoms with Crippen LogP contribution in [0.25, 0.3) is 0 Å². The van der Waals surface area contributed by atoms with Crippen molar-refractivity contribution < 1.29 is 26.7 Å². The summed E-state index contributed by atoms with van der Waals surface area (Å²) in [7, 11) is 0. The predicted molar refractivity (Wildman–Crippen MR) is 104 cm³/mol. The summed E-state index contributed by atoms with van der Waals surface area (Å²) in [5, 5.41) is 7.08. The molecule has 0 bridgehead atoms. The summed E-state index contributed by atoms with van der Waals surface area (Å²) in [6, 6.07) is 6.36. The molecule has 1 aromatic heterocycles. The molecule has 0 radical (unpaired) electrons. The van der Waals surface area contributed by atoms with Crippen molar-refractivity contribution in [1.82, 2.24) is 10.3 Å². The lowest BCUT2D eigenvalue weighted by Crippen LogP contribution is -2.48. The fourth-order valence-corrected chi connectivity index (χ4v) is 3.49. The third kappa shape index (κ3) is 4.95. The lowest BCUT2D eigenvalue weighted by atomic mass is 10.0. The van der Waals surface area contributed by atoms with Gasteiger partial charge in [-0.15, -0.1) is 0 Å². The van der Waals surface area contributed by atoms with Gasteiger partial charge in [-0.1, -0.05) is 17.7 Å². The second-order valence-corrected chi connectivity index (χ2v) is 7.43. The van der Waals surface area contributed by atoms with Gasteiger partial charge in [-0.25, -0.2) is 0 Å². The van der Waals surface area contributed by atoms with Crippen molar-refractivity contribution in [3.05, 3.63) is 52.3 Å². The van der Waals surface area contributed by atoms with Gasteiger partial charge in [-0.2, -0.15) is 22.0 Å². The van der Waals surface area contributed by atoms with E-state index in [1.165, 1.54) is 23.9 Å². The number of benzene rings is 1. The number of anilines is 1. The molecule has 0 amide bonds. The molecular weight excluding hydrogens is 429 g/mol. The molecule has 2 heterocycles. The quantitative estimate of drug-likeness (QED) is 0.609. The highest BCUT2D eigenvalue weighted by atomic mass is 35.5. The number of rotatable bonds is 6. The highest BCUT2D eigenvalue weighted by Crippen LogP contribution is 2.39. The number of halogens is 6. The highest BCUT2D eigenvalue weighted by Gasteiger charge is 2.62. The Morgan fingerprint density at radius 2 is 1.90 bits per heavy atom. The van der Waals surface area contributed by atoms with Gasteiger partial charge < -0.3 is 15.4 Å². The van der Waals surface area contributed by atoms with E-state index in [9.17, 15) is 22.0 Å². The molecule has 0 saturated heterocycles. The zero-order valence-corrected chi connectivity index (χ0v) is 16.9. The predicted octanol–water partition coefficient (Wildman–Crippen LogP) is 5.00. The van der Waals surface area contributed by atoms with Crippen molar-refractivity contribution in [1.29, 1.82) is 0 Å². The van der Waals surface area contributed by atoms with Gasteiger partial charge in [0.1, 0.15) is 5.75 Å². The summed E-state index contributed by atoms with van der Waals surface area (Å²) in [5.74, 6) is -5.10. The van der Waals surface area contributed by atoms with E-state index in [1.54, 1.807) is 0 Å². The number of ether oxygens (including phenoxy) is 1. The minimum atomic E-state index is -5.69. The Morgan fingerprint density at radius 3 is 2.63 bits per heavy atom. The molecule has 2 N–H and O–H groups in total. The first-order valence-electron chi connectivity index (χ1n) is 9.40. The Kier molecular flexibility index (Phi) is 6.71. The van der Waals surface area contributed by atoms with Crippen LogP contribution in [0, 0.1) is 0 Å². The van der Waals surface area contributed by atoms with E-state index >= 15 is 0 Å². The lowest BCUT2D eigenvalue weighted by Gasteiger charge is -2.26. The monoisotopic (exact) mass is 449 g/mol. The molecule has 0 spiro atoms. The molecule has 1 aliphatic rings. The lowest BCUT2D eigenvalue weighted by molar-refractivity contribution is -0.306. The molecular formula is C20H21ClF5N3O. The van der Waals surface area contributed by atoms with E-state index in [4.69, 9.17) is 16.3 Å². The Morgan fingerprint density at radius 1 is 1.17 bits per heavy atom. The minimum Gasteiger partial charge on any atom is -0.484 e. The van der Waals surface area contributed by atoms with E-state index in [0.717, 1.165) is 37.2 Å². The first-order chi connectivity index (χ1) is 14.1. The first-order valence-corrected chi connectivity index (χ1v) is 9.78. The fraction of sp³-hybridized carbons (Fsp3) is 0.450. The smallest absolute Gasteiger partial charge is 0.457 e. The molecule has 3 rings (SSSR count). The van der Waals surface area contributed by atoms with Crippen molar-refractivity contribution >= 4 is 17.3 Å². The van der Waals surface area contributed by atoms with Crippen molar-refractivity contribution in [3.8, 4) is 5.75 Å². The van der Waals surface area contributed by atoms with Crippen molar-refractivity contribution in [3.63, 3.8) is 0 Å². The molecule has 0 aliphatic carbocycles. The Hall–Kier alpha value is -2.13. The fourth-order valence-electron chi connectivity index (χ4n) is 3.25. The third-order valence-corrected chi connectivity index (χ3v) is 5.23. The summed E-state index contributed by atoms with van der Waals surface area (Å²) in [5.41, 5.74) is 3.46. The zero-order valence-electron chi connectivity index (χ0n) is 16.1. The molecule has 1 atom stereocenters. The van der Waals surface area contributed by atoms with Gasteiger partial charge in [0.2, 0.25) is 0 Å². The van der Waals surface area contributed by atoms with Crippen molar-refractivity contribution in [2.45, 2.75) is 44.5 Å². The molecule has 164 valence electrons. The second kappa shape index (κ2) is 8.93. The summed E-state index contributed by atoms with van der Waals surface area (Å²) in [6.45, 7) is 2.56. The molecule has 1 aromatic carbocycles. The average molecular weight is 450 g/mol. The van der Waals surface area contributed by atoms with Gasteiger partial charge in [0.15, 0.2) is 6.10 Å². The van der Waals surface area contributed by atoms with Crippen LogP contribution < -0.4 is 15.4 Å². The molecule has 10 heteroatoms. The van der Waals surface area contributed by atoms with Crippen LogP contribution in [-0.4, -0.2) is 36.3 Å². The maximum atomic E-state index is 13.4. The van der Waals surface area contributed by atoms with E-state index in [0.29, 0.717) is 17.6 Å². The molecule has 1 aliphatic heterocycles. The largest absolute Gasteiger partial charge is 0.484 e. The summed E-state index contributed by atoms with van der Waals surface area (Å²) in [4.78, 5) is 4.13. The summed E-state index contributed by atoms with van der Waals surface area (Å²) in [6.07, 6.45) is -5.12. The molecule has 2 aromatic rings. The maximum absolute atomic E-state index is 13.4. The van der Waals surface area contributed by atoms with Crippen LogP contribution >= 0.6 is 11.6 Å². The SMILES string of the molecule is CC(Oc1ccnc(CNc2c(Cl)ccc3c2CCNCC3)c1)C(F)(F)C(F)(F)F. The first kappa shape index (κ1) is 22.6. The number of pyridine rings is 1. The Labute approximate surface area is 175 Å². The van der Waals surface area contributed by atoms with Crippen molar-refractivity contribution in [2.24, 2.45) is 0 Å². The van der Waals surface area contributed by atoms with Crippen LogP contribution in [0.3, 0.4) is 0 Å². The normalized spacial score (nSPS) is 15.8. The van der Waals surface area contributed by atoms with Crippen LogP contribution in [0.15, 0.2) is 30.5 Å². The maximum Gasteiger partial charge on any atom is 0.457 e. The van der Waals surface area contributed by atoms with E-state index in [1.807, 2.05) is 12.1 Å².